The molecule has 3 heterocycles. The van der Waals surface area contributed by atoms with Gasteiger partial charge in [-0.25, -0.2) is 4.98 Å². The molecule has 4 aromatic rings. The summed E-state index contributed by atoms with van der Waals surface area (Å²) in [4.78, 5) is 7.81. The van der Waals surface area contributed by atoms with Crippen LogP contribution < -0.4 is 5.32 Å². The normalized spacial score (nSPS) is 12.8. The van der Waals surface area contributed by atoms with Crippen LogP contribution in [0.3, 0.4) is 0 Å². The zero-order valence-electron chi connectivity index (χ0n) is 11.5. The number of tetrazole rings is 1. The van der Waals surface area contributed by atoms with E-state index in [4.69, 9.17) is 11.6 Å². The average Bonchev–Trinajstić information content (AvgIpc) is 3.12. The number of rotatable bonds is 3. The van der Waals surface area contributed by atoms with Crippen molar-refractivity contribution in [3.05, 3.63) is 41.2 Å². The number of halogens is 1. The van der Waals surface area contributed by atoms with E-state index in [9.17, 15) is 0 Å². The van der Waals surface area contributed by atoms with Gasteiger partial charge in [-0.3, -0.25) is 0 Å². The monoisotopic (exact) mass is 314 g/mol. The Kier molecular flexibility index (Phi) is 2.90. The highest BCUT2D eigenvalue weighted by Gasteiger charge is 2.12. The van der Waals surface area contributed by atoms with Crippen molar-refractivity contribution in [1.29, 1.82) is 0 Å². The molecule has 0 aliphatic heterocycles. The molecule has 8 nitrogen and oxygen atoms in total. The van der Waals surface area contributed by atoms with E-state index in [-0.39, 0.29) is 6.04 Å². The lowest BCUT2D eigenvalue weighted by Gasteiger charge is -2.11. The quantitative estimate of drug-likeness (QED) is 0.602. The van der Waals surface area contributed by atoms with Crippen LogP contribution in [0.25, 0.3) is 16.7 Å². The number of hydrogen-bond donors (Lipinski definition) is 2. The first-order valence-corrected chi connectivity index (χ1v) is 7.04. The molecule has 4 rings (SSSR count). The van der Waals surface area contributed by atoms with Crippen molar-refractivity contribution in [3.8, 4) is 0 Å². The molecule has 110 valence electrons. The average molecular weight is 315 g/mol. The fourth-order valence-corrected chi connectivity index (χ4v) is 2.40. The van der Waals surface area contributed by atoms with E-state index >= 15 is 0 Å². The lowest BCUT2D eigenvalue weighted by atomic mass is 10.3. The van der Waals surface area contributed by atoms with Crippen molar-refractivity contribution >= 4 is 34.1 Å². The Morgan fingerprint density at radius 3 is 3.09 bits per heavy atom. The Morgan fingerprint density at radius 2 is 2.18 bits per heavy atom. The van der Waals surface area contributed by atoms with E-state index in [0.29, 0.717) is 16.5 Å². The Bertz CT molecular complexity index is 959. The molecule has 1 aromatic carbocycles. The minimum absolute atomic E-state index is 0.0624. The number of benzene rings is 1. The second-order valence-electron chi connectivity index (χ2n) is 4.89. The maximum Gasteiger partial charge on any atom is 0.200 e. The molecule has 0 spiro atoms. The molecular weight excluding hydrogens is 304 g/mol. The molecule has 0 amide bonds. The number of aromatic amines is 1. The van der Waals surface area contributed by atoms with Crippen LogP contribution in [0.1, 0.15) is 18.8 Å². The third kappa shape index (κ3) is 2.23. The second kappa shape index (κ2) is 4.92. The zero-order valence-corrected chi connectivity index (χ0v) is 12.3. The van der Waals surface area contributed by atoms with Gasteiger partial charge in [0.25, 0.3) is 0 Å². The van der Waals surface area contributed by atoms with Crippen molar-refractivity contribution in [2.45, 2.75) is 13.0 Å². The smallest absolute Gasteiger partial charge is 0.200 e. The molecule has 3 aromatic heterocycles. The highest BCUT2D eigenvalue weighted by Crippen LogP contribution is 2.21. The van der Waals surface area contributed by atoms with Crippen molar-refractivity contribution in [3.63, 3.8) is 0 Å². The molecule has 0 bridgehead atoms. The number of H-pyrrole nitrogens is 1. The van der Waals surface area contributed by atoms with Gasteiger partial charge in [0.05, 0.1) is 17.1 Å². The van der Waals surface area contributed by atoms with Crippen LogP contribution in [-0.2, 0) is 0 Å². The van der Waals surface area contributed by atoms with E-state index in [0.717, 1.165) is 16.9 Å². The van der Waals surface area contributed by atoms with E-state index in [1.54, 1.807) is 6.07 Å². The van der Waals surface area contributed by atoms with Crippen LogP contribution in [0, 0.1) is 0 Å². The van der Waals surface area contributed by atoms with Crippen molar-refractivity contribution in [1.82, 2.24) is 35.2 Å². The van der Waals surface area contributed by atoms with Gasteiger partial charge in [-0.1, -0.05) is 11.6 Å². The van der Waals surface area contributed by atoms with Gasteiger partial charge in [-0.2, -0.15) is 0 Å². The van der Waals surface area contributed by atoms with Gasteiger partial charge < -0.3 is 10.3 Å². The van der Waals surface area contributed by atoms with Crippen LogP contribution in [-0.4, -0.2) is 35.2 Å². The fourth-order valence-electron chi connectivity index (χ4n) is 2.22. The number of anilines is 1. The summed E-state index contributed by atoms with van der Waals surface area (Å²) in [7, 11) is 0. The molecule has 0 saturated carbocycles. The third-order valence-electron chi connectivity index (χ3n) is 3.31. The lowest BCUT2D eigenvalue weighted by Crippen LogP contribution is -2.11. The third-order valence-corrected chi connectivity index (χ3v) is 3.54. The van der Waals surface area contributed by atoms with Crippen LogP contribution in [0.4, 0.5) is 5.82 Å². The fraction of sp³-hybridized carbons (Fsp3) is 0.154. The summed E-state index contributed by atoms with van der Waals surface area (Å²) >= 11 is 5.99. The molecule has 0 radical (unpaired) electrons. The Balaban J connectivity index is 1.63. The highest BCUT2D eigenvalue weighted by atomic mass is 35.5. The maximum atomic E-state index is 5.99. The number of imidazole rings is 1. The molecule has 1 atom stereocenters. The summed E-state index contributed by atoms with van der Waals surface area (Å²) in [6, 6.07) is 9.11. The first-order valence-electron chi connectivity index (χ1n) is 6.66. The number of aromatic nitrogens is 7. The van der Waals surface area contributed by atoms with Gasteiger partial charge >= 0.3 is 0 Å². The molecule has 0 aliphatic rings. The van der Waals surface area contributed by atoms with Gasteiger partial charge in [0.1, 0.15) is 11.6 Å². The SMILES string of the molecule is C[C@@H](Nc1ccc2nnnn2n1)c1nc2ccc(Cl)cc2[nH]1. The molecule has 22 heavy (non-hydrogen) atoms. The van der Waals surface area contributed by atoms with Crippen LogP contribution in [0.5, 0.6) is 0 Å². The minimum Gasteiger partial charge on any atom is -0.359 e. The van der Waals surface area contributed by atoms with Gasteiger partial charge in [0.15, 0.2) is 5.65 Å². The number of nitrogens with zero attached hydrogens (tertiary/aromatic N) is 6. The maximum absolute atomic E-state index is 5.99. The molecule has 0 aliphatic carbocycles. The summed E-state index contributed by atoms with van der Waals surface area (Å²) in [5, 5.41) is 19.4. The van der Waals surface area contributed by atoms with Crippen molar-refractivity contribution in [2.24, 2.45) is 0 Å². The van der Waals surface area contributed by atoms with E-state index in [1.165, 1.54) is 4.63 Å². The second-order valence-corrected chi connectivity index (χ2v) is 5.33. The van der Waals surface area contributed by atoms with Gasteiger partial charge in [-0.15, -0.1) is 14.8 Å². The Hall–Kier alpha value is -2.74. The molecule has 9 heteroatoms. The predicted molar refractivity (Wildman–Crippen MR) is 81.7 cm³/mol. The Labute approximate surface area is 129 Å². The van der Waals surface area contributed by atoms with E-state index in [1.807, 2.05) is 31.2 Å². The van der Waals surface area contributed by atoms with Crippen LogP contribution in [0.2, 0.25) is 5.02 Å². The van der Waals surface area contributed by atoms with E-state index < -0.39 is 0 Å². The molecular formula is C13H11ClN8. The molecule has 0 saturated heterocycles. The summed E-state index contributed by atoms with van der Waals surface area (Å²) in [6.45, 7) is 1.99. The summed E-state index contributed by atoms with van der Waals surface area (Å²) in [5.41, 5.74) is 2.37. The van der Waals surface area contributed by atoms with Gasteiger partial charge in [-0.05, 0) is 47.7 Å². The first-order chi connectivity index (χ1) is 10.7. The first kappa shape index (κ1) is 13.0. The molecule has 0 unspecified atom stereocenters. The number of fused-ring (bicyclic) bond motifs is 2. The number of hydrogen-bond acceptors (Lipinski definition) is 6. The standard InChI is InChI=1S/C13H11ClN8/c1-7(13-16-9-3-2-8(14)6-10(9)17-13)15-11-4-5-12-18-20-21-22(12)19-11/h2-7H,1H3,(H,15,19)(H,16,17)/t7-/m1/s1. The Morgan fingerprint density at radius 1 is 1.27 bits per heavy atom. The van der Waals surface area contributed by atoms with E-state index in [2.05, 4.69) is 35.9 Å². The van der Waals surface area contributed by atoms with Crippen LogP contribution in [0.15, 0.2) is 30.3 Å². The lowest BCUT2D eigenvalue weighted by molar-refractivity contribution is 0.723. The summed E-state index contributed by atoms with van der Waals surface area (Å²) in [5.74, 6) is 1.46. The topological polar surface area (TPSA) is 96.7 Å². The largest absolute Gasteiger partial charge is 0.359 e. The zero-order chi connectivity index (χ0) is 15.1. The number of nitrogens with one attached hydrogen (secondary N) is 2. The predicted octanol–water partition coefficient (Wildman–Crippen LogP) is 2.22. The summed E-state index contributed by atoms with van der Waals surface area (Å²) in [6.07, 6.45) is 0. The highest BCUT2D eigenvalue weighted by molar-refractivity contribution is 6.31. The van der Waals surface area contributed by atoms with Crippen LogP contribution >= 0.6 is 11.6 Å². The molecule has 2 N–H and O–H groups in total. The molecule has 0 fully saturated rings. The van der Waals surface area contributed by atoms with Crippen molar-refractivity contribution in [2.75, 3.05) is 5.32 Å². The summed E-state index contributed by atoms with van der Waals surface area (Å²) < 4.78 is 1.37. The minimum atomic E-state index is -0.0624. The van der Waals surface area contributed by atoms with Gasteiger partial charge in [0, 0.05) is 5.02 Å². The van der Waals surface area contributed by atoms with Crippen molar-refractivity contribution < 1.29 is 0 Å². The van der Waals surface area contributed by atoms with Gasteiger partial charge in [0.2, 0.25) is 0 Å².